The summed E-state index contributed by atoms with van der Waals surface area (Å²) in [5.74, 6) is 0. The third kappa shape index (κ3) is 2.06. The number of rotatable bonds is 3. The maximum Gasteiger partial charge on any atom is 0.322 e. The van der Waals surface area contributed by atoms with Gasteiger partial charge in [-0.3, -0.25) is 15.0 Å². The summed E-state index contributed by atoms with van der Waals surface area (Å²) in [7, 11) is 0. The number of carbonyl (C=O) groups is 1. The summed E-state index contributed by atoms with van der Waals surface area (Å²) >= 11 is 0. The van der Waals surface area contributed by atoms with E-state index in [1.165, 1.54) is 12.1 Å². The lowest BCUT2D eigenvalue weighted by Gasteiger charge is -2.29. The van der Waals surface area contributed by atoms with Crippen LogP contribution >= 0.6 is 0 Å². The normalized spacial score (nSPS) is 14.2. The molecule has 6 nitrogen and oxygen atoms in total. The third-order valence-electron chi connectivity index (χ3n) is 2.69. The quantitative estimate of drug-likeness (QED) is 0.643. The van der Waals surface area contributed by atoms with Gasteiger partial charge < -0.3 is 5.32 Å². The Labute approximate surface area is 98.4 Å². The lowest BCUT2D eigenvalue weighted by atomic mass is 10.1. The van der Waals surface area contributed by atoms with Crippen molar-refractivity contribution in [3.8, 4) is 0 Å². The maximum absolute atomic E-state index is 11.6. The van der Waals surface area contributed by atoms with Gasteiger partial charge in [0.05, 0.1) is 10.6 Å². The minimum Gasteiger partial charge on any atom is -0.334 e. The first-order chi connectivity index (χ1) is 8.13. The van der Waals surface area contributed by atoms with Gasteiger partial charge in [-0.25, -0.2) is 4.79 Å². The molecule has 0 saturated carbocycles. The molecule has 0 unspecified atom stereocenters. The Kier molecular flexibility index (Phi) is 2.95. The molecule has 17 heavy (non-hydrogen) atoms. The molecule has 0 aliphatic carbocycles. The lowest BCUT2D eigenvalue weighted by Crippen LogP contribution is -2.44. The van der Waals surface area contributed by atoms with Crippen LogP contribution in [0.3, 0.4) is 0 Å². The van der Waals surface area contributed by atoms with Crippen LogP contribution in [0.5, 0.6) is 0 Å². The zero-order valence-corrected chi connectivity index (χ0v) is 9.47. The predicted octanol–water partition coefficient (Wildman–Crippen LogP) is 2.03. The predicted molar refractivity (Wildman–Crippen MR) is 63.0 cm³/mol. The van der Waals surface area contributed by atoms with Gasteiger partial charge in [-0.2, -0.15) is 0 Å². The van der Waals surface area contributed by atoms with Crippen LogP contribution in [0.4, 0.5) is 16.2 Å². The number of nitrogens with zero attached hydrogens (tertiary/aromatic N) is 2. The summed E-state index contributed by atoms with van der Waals surface area (Å²) < 4.78 is 0. The molecule has 1 N–H and O–H groups in total. The van der Waals surface area contributed by atoms with E-state index in [1.54, 1.807) is 11.0 Å². The van der Waals surface area contributed by atoms with Gasteiger partial charge in [0.25, 0.3) is 5.69 Å². The van der Waals surface area contributed by atoms with Crippen molar-refractivity contribution in [3.63, 3.8) is 0 Å². The van der Waals surface area contributed by atoms with Gasteiger partial charge >= 0.3 is 6.03 Å². The molecular formula is C11H13N3O3. The molecule has 0 atom stereocenters. The maximum atomic E-state index is 11.6. The van der Waals surface area contributed by atoms with E-state index in [0.29, 0.717) is 13.1 Å². The summed E-state index contributed by atoms with van der Waals surface area (Å²) in [6.07, 6.45) is 0.837. The lowest BCUT2D eigenvalue weighted by molar-refractivity contribution is -0.384. The summed E-state index contributed by atoms with van der Waals surface area (Å²) in [6.45, 7) is 2.93. The highest BCUT2D eigenvalue weighted by molar-refractivity contribution is 5.95. The van der Waals surface area contributed by atoms with Gasteiger partial charge in [-0.05, 0) is 12.5 Å². The van der Waals surface area contributed by atoms with Crippen molar-refractivity contribution in [2.24, 2.45) is 0 Å². The Morgan fingerprint density at radius 3 is 2.94 bits per heavy atom. The highest BCUT2D eigenvalue weighted by Crippen LogP contribution is 2.28. The standard InChI is InChI=1S/C11H13N3O3/c1-2-5-13-10-4-3-9(14(16)17)6-8(10)7-12-11(13)15/h3-4,6H,2,5,7H2,1H3,(H,12,15). The molecule has 90 valence electrons. The van der Waals surface area contributed by atoms with E-state index in [-0.39, 0.29) is 11.7 Å². The van der Waals surface area contributed by atoms with Crippen LogP contribution in [-0.4, -0.2) is 17.5 Å². The molecule has 0 radical (unpaired) electrons. The molecule has 1 aromatic rings. The number of hydrogen-bond acceptors (Lipinski definition) is 3. The molecule has 0 aromatic heterocycles. The van der Waals surface area contributed by atoms with Crippen molar-refractivity contribution in [2.75, 3.05) is 11.4 Å². The van der Waals surface area contributed by atoms with E-state index in [1.807, 2.05) is 6.92 Å². The van der Waals surface area contributed by atoms with Crippen LogP contribution in [-0.2, 0) is 6.54 Å². The van der Waals surface area contributed by atoms with Crippen LogP contribution in [0, 0.1) is 10.1 Å². The van der Waals surface area contributed by atoms with Crippen molar-refractivity contribution >= 4 is 17.4 Å². The zero-order chi connectivity index (χ0) is 12.4. The molecule has 6 heteroatoms. The summed E-state index contributed by atoms with van der Waals surface area (Å²) in [5.41, 5.74) is 1.60. The van der Waals surface area contributed by atoms with E-state index in [2.05, 4.69) is 5.32 Å². The van der Waals surface area contributed by atoms with Crippen LogP contribution in [0.15, 0.2) is 18.2 Å². The average molecular weight is 235 g/mol. The monoisotopic (exact) mass is 235 g/mol. The number of benzene rings is 1. The molecule has 0 fully saturated rings. The molecule has 0 bridgehead atoms. The molecule has 0 saturated heterocycles. The Morgan fingerprint density at radius 2 is 2.29 bits per heavy atom. The number of non-ortho nitro benzene ring substituents is 1. The van der Waals surface area contributed by atoms with E-state index in [4.69, 9.17) is 0 Å². The number of amides is 2. The first-order valence-electron chi connectivity index (χ1n) is 5.46. The second-order valence-electron chi connectivity index (χ2n) is 3.88. The number of carbonyl (C=O) groups excluding carboxylic acids is 1. The Balaban J connectivity index is 2.40. The average Bonchev–Trinajstić information content (AvgIpc) is 2.32. The number of urea groups is 1. The fourth-order valence-corrected chi connectivity index (χ4v) is 1.91. The van der Waals surface area contributed by atoms with Crippen molar-refractivity contribution in [2.45, 2.75) is 19.9 Å². The summed E-state index contributed by atoms with van der Waals surface area (Å²) in [6, 6.07) is 4.44. The molecule has 1 aliphatic heterocycles. The van der Waals surface area contributed by atoms with Gasteiger partial charge in [-0.1, -0.05) is 6.92 Å². The van der Waals surface area contributed by atoms with Crippen molar-refractivity contribution in [3.05, 3.63) is 33.9 Å². The van der Waals surface area contributed by atoms with Gasteiger partial charge in [0.1, 0.15) is 0 Å². The third-order valence-corrected chi connectivity index (χ3v) is 2.69. The van der Waals surface area contributed by atoms with Gasteiger partial charge in [0, 0.05) is 30.8 Å². The summed E-state index contributed by atoms with van der Waals surface area (Å²) in [5, 5.41) is 13.4. The topological polar surface area (TPSA) is 75.5 Å². The highest BCUT2D eigenvalue weighted by Gasteiger charge is 2.24. The Bertz CT molecular complexity index is 473. The number of nitro benzene ring substituents is 1. The van der Waals surface area contributed by atoms with Crippen LogP contribution in [0.2, 0.25) is 0 Å². The smallest absolute Gasteiger partial charge is 0.322 e. The zero-order valence-electron chi connectivity index (χ0n) is 9.47. The highest BCUT2D eigenvalue weighted by atomic mass is 16.6. The molecule has 1 aromatic carbocycles. The van der Waals surface area contributed by atoms with E-state index in [0.717, 1.165) is 17.7 Å². The van der Waals surface area contributed by atoms with Crippen LogP contribution in [0.25, 0.3) is 0 Å². The van der Waals surface area contributed by atoms with Crippen LogP contribution < -0.4 is 10.2 Å². The molecule has 1 aliphatic rings. The molecule has 1 heterocycles. The second kappa shape index (κ2) is 4.40. The number of nitro groups is 1. The number of fused-ring (bicyclic) bond motifs is 1. The van der Waals surface area contributed by atoms with Crippen molar-refractivity contribution < 1.29 is 9.72 Å². The molecular weight excluding hydrogens is 222 g/mol. The molecule has 2 amide bonds. The summed E-state index contributed by atoms with van der Waals surface area (Å²) in [4.78, 5) is 23.5. The van der Waals surface area contributed by atoms with Crippen molar-refractivity contribution in [1.82, 2.24) is 5.32 Å². The SMILES string of the molecule is CCCN1C(=O)NCc2cc([N+](=O)[O-])ccc21. The molecule has 0 spiro atoms. The first-order valence-corrected chi connectivity index (χ1v) is 5.46. The van der Waals surface area contributed by atoms with E-state index < -0.39 is 4.92 Å². The number of anilines is 1. The Hall–Kier alpha value is -2.11. The first kappa shape index (κ1) is 11.4. The van der Waals surface area contributed by atoms with Gasteiger partial charge in [0.2, 0.25) is 0 Å². The fraction of sp³-hybridized carbons (Fsp3) is 0.364. The number of nitrogens with one attached hydrogen (secondary N) is 1. The minimum absolute atomic E-state index is 0.0522. The van der Waals surface area contributed by atoms with Gasteiger partial charge in [0.15, 0.2) is 0 Å². The largest absolute Gasteiger partial charge is 0.334 e. The van der Waals surface area contributed by atoms with Crippen molar-refractivity contribution in [1.29, 1.82) is 0 Å². The molecule has 2 rings (SSSR count). The van der Waals surface area contributed by atoms with E-state index in [9.17, 15) is 14.9 Å². The second-order valence-corrected chi connectivity index (χ2v) is 3.88. The van der Waals surface area contributed by atoms with Gasteiger partial charge in [-0.15, -0.1) is 0 Å². The minimum atomic E-state index is -0.430. The van der Waals surface area contributed by atoms with Crippen LogP contribution in [0.1, 0.15) is 18.9 Å². The van der Waals surface area contributed by atoms with E-state index >= 15 is 0 Å². The fourth-order valence-electron chi connectivity index (χ4n) is 1.91. The number of hydrogen-bond donors (Lipinski definition) is 1. The Morgan fingerprint density at radius 1 is 1.53 bits per heavy atom.